The molecule has 0 aromatic heterocycles. The number of benzene rings is 1. The zero-order chi connectivity index (χ0) is 10.2. The molecule has 0 spiro atoms. The highest BCUT2D eigenvalue weighted by Gasteiger charge is 2.36. The third-order valence-corrected chi connectivity index (χ3v) is 3.01. The van der Waals surface area contributed by atoms with Crippen LogP contribution in [0.1, 0.15) is 5.56 Å². The highest BCUT2D eigenvalue weighted by Crippen LogP contribution is 2.42. The number of rotatable bonds is 0. The van der Waals surface area contributed by atoms with Gasteiger partial charge in [0.1, 0.15) is 0 Å². The van der Waals surface area contributed by atoms with Crippen molar-refractivity contribution in [3.63, 3.8) is 0 Å². The van der Waals surface area contributed by atoms with Crippen LogP contribution in [0.15, 0.2) is 16.6 Å². The van der Waals surface area contributed by atoms with Crippen LogP contribution in [-0.2, 0) is 6.18 Å². The fourth-order valence-corrected chi connectivity index (χ4v) is 1.89. The summed E-state index contributed by atoms with van der Waals surface area (Å²) in [7, 11) is 0. The average Bonchev–Trinajstić information content (AvgIpc) is 1.95. The van der Waals surface area contributed by atoms with Gasteiger partial charge in [-0.25, -0.2) is 0 Å². The topological polar surface area (TPSA) is 0 Å². The monoisotopic (exact) mass is 292 g/mol. The second-order valence-electron chi connectivity index (χ2n) is 2.22. The molecule has 0 aliphatic heterocycles. The van der Waals surface area contributed by atoms with E-state index < -0.39 is 11.7 Å². The zero-order valence-electron chi connectivity index (χ0n) is 5.92. The molecule has 0 radical (unpaired) electrons. The van der Waals surface area contributed by atoms with Crippen LogP contribution in [0.5, 0.6) is 0 Å². The van der Waals surface area contributed by atoms with E-state index in [9.17, 15) is 13.2 Å². The molecule has 0 nitrogen and oxygen atoms in total. The molecule has 0 saturated heterocycles. The first-order valence-corrected chi connectivity index (χ1v) is 4.59. The first-order valence-electron chi connectivity index (χ1n) is 3.04. The molecule has 0 fully saturated rings. The fourth-order valence-electron chi connectivity index (χ4n) is 0.787. The lowest BCUT2D eigenvalue weighted by atomic mass is 10.2. The lowest BCUT2D eigenvalue weighted by molar-refractivity contribution is -0.138. The number of halogens is 6. The standard InChI is InChI=1S/C7H2BrCl2F3/c8-6-4(10)2-1-3(9)5(6)7(11,12)13/h1-2H. The van der Waals surface area contributed by atoms with Crippen LogP contribution in [-0.4, -0.2) is 0 Å². The van der Waals surface area contributed by atoms with Gasteiger partial charge in [-0.2, -0.15) is 13.2 Å². The van der Waals surface area contributed by atoms with Gasteiger partial charge in [0, 0.05) is 4.47 Å². The van der Waals surface area contributed by atoms with Gasteiger partial charge >= 0.3 is 6.18 Å². The quantitative estimate of drug-likeness (QED) is 0.604. The fraction of sp³-hybridized carbons (Fsp3) is 0.143. The van der Waals surface area contributed by atoms with E-state index in [0.29, 0.717) is 0 Å². The molecule has 0 atom stereocenters. The van der Waals surface area contributed by atoms with Crippen molar-refractivity contribution in [1.82, 2.24) is 0 Å². The van der Waals surface area contributed by atoms with E-state index in [4.69, 9.17) is 23.2 Å². The van der Waals surface area contributed by atoms with E-state index in [0.717, 1.165) is 6.07 Å². The van der Waals surface area contributed by atoms with E-state index >= 15 is 0 Å². The van der Waals surface area contributed by atoms with Crippen LogP contribution < -0.4 is 0 Å². The van der Waals surface area contributed by atoms with Crippen molar-refractivity contribution >= 4 is 39.1 Å². The number of hydrogen-bond acceptors (Lipinski definition) is 0. The van der Waals surface area contributed by atoms with Crippen molar-refractivity contribution in [2.45, 2.75) is 6.18 Å². The molecule has 0 aliphatic rings. The van der Waals surface area contributed by atoms with E-state index in [1.807, 2.05) is 0 Å². The Bertz CT molecular complexity index is 335. The predicted octanol–water partition coefficient (Wildman–Crippen LogP) is 4.77. The van der Waals surface area contributed by atoms with Gasteiger partial charge in [0.2, 0.25) is 0 Å². The Morgan fingerprint density at radius 2 is 1.54 bits per heavy atom. The van der Waals surface area contributed by atoms with Gasteiger partial charge in [-0.05, 0) is 28.1 Å². The molecule has 0 N–H and O–H groups in total. The summed E-state index contributed by atoms with van der Waals surface area (Å²) >= 11 is 13.6. The smallest absolute Gasteiger partial charge is 0.166 e. The lowest BCUT2D eigenvalue weighted by Crippen LogP contribution is -2.07. The Kier molecular flexibility index (Phi) is 3.15. The molecule has 0 aliphatic carbocycles. The number of alkyl halides is 3. The summed E-state index contributed by atoms with van der Waals surface area (Å²) in [4.78, 5) is 0. The maximum Gasteiger partial charge on any atom is 0.418 e. The van der Waals surface area contributed by atoms with Gasteiger partial charge in [0.25, 0.3) is 0 Å². The minimum Gasteiger partial charge on any atom is -0.166 e. The second-order valence-corrected chi connectivity index (χ2v) is 3.82. The van der Waals surface area contributed by atoms with E-state index in [1.54, 1.807) is 0 Å². The molecule has 1 aromatic carbocycles. The normalized spacial score (nSPS) is 11.8. The largest absolute Gasteiger partial charge is 0.418 e. The molecule has 13 heavy (non-hydrogen) atoms. The molecule has 0 unspecified atom stereocenters. The van der Waals surface area contributed by atoms with Crippen molar-refractivity contribution in [3.8, 4) is 0 Å². The summed E-state index contributed by atoms with van der Waals surface area (Å²) in [5.74, 6) is 0. The van der Waals surface area contributed by atoms with Gasteiger partial charge < -0.3 is 0 Å². The van der Waals surface area contributed by atoms with Gasteiger partial charge in [-0.15, -0.1) is 0 Å². The van der Waals surface area contributed by atoms with E-state index in [2.05, 4.69) is 15.9 Å². The highest BCUT2D eigenvalue weighted by atomic mass is 79.9. The highest BCUT2D eigenvalue weighted by molar-refractivity contribution is 9.10. The van der Waals surface area contributed by atoms with Crippen LogP contribution >= 0.6 is 39.1 Å². The minimum absolute atomic E-state index is 0.0169. The van der Waals surface area contributed by atoms with Crippen LogP contribution in [0.4, 0.5) is 13.2 Å². The molecular weight excluding hydrogens is 292 g/mol. The van der Waals surface area contributed by atoms with Gasteiger partial charge in [0.15, 0.2) is 0 Å². The lowest BCUT2D eigenvalue weighted by Gasteiger charge is -2.11. The summed E-state index contributed by atoms with van der Waals surface area (Å²) in [6.07, 6.45) is -4.50. The first-order chi connectivity index (χ1) is 5.84. The van der Waals surface area contributed by atoms with Crippen molar-refractivity contribution in [2.24, 2.45) is 0 Å². The second kappa shape index (κ2) is 3.67. The van der Waals surface area contributed by atoms with E-state index in [-0.39, 0.29) is 14.5 Å². The molecule has 0 bridgehead atoms. The maximum atomic E-state index is 12.3. The summed E-state index contributed by atoms with van der Waals surface area (Å²) in [6, 6.07) is 2.40. The Morgan fingerprint density at radius 1 is 1.08 bits per heavy atom. The molecule has 0 heterocycles. The average molecular weight is 294 g/mol. The van der Waals surface area contributed by atoms with Crippen LogP contribution in [0, 0.1) is 0 Å². The molecule has 1 aromatic rings. The first kappa shape index (κ1) is 11.1. The van der Waals surface area contributed by atoms with Crippen molar-refractivity contribution in [2.75, 3.05) is 0 Å². The van der Waals surface area contributed by atoms with Crippen molar-refractivity contribution in [3.05, 3.63) is 32.2 Å². The summed E-state index contributed by atoms with van der Waals surface area (Å²) in [6.45, 7) is 0. The van der Waals surface area contributed by atoms with Crippen molar-refractivity contribution < 1.29 is 13.2 Å². The summed E-state index contributed by atoms with van der Waals surface area (Å²) in [5, 5.41) is -0.388. The predicted molar refractivity (Wildman–Crippen MR) is 49.2 cm³/mol. The van der Waals surface area contributed by atoms with Crippen LogP contribution in [0.2, 0.25) is 10.0 Å². The third-order valence-electron chi connectivity index (χ3n) is 1.33. The molecule has 6 heteroatoms. The molecule has 0 amide bonds. The van der Waals surface area contributed by atoms with Gasteiger partial charge in [-0.1, -0.05) is 23.2 Å². The number of hydrogen-bond donors (Lipinski definition) is 0. The summed E-state index contributed by atoms with van der Waals surface area (Å²) in [5.41, 5.74) is -0.943. The maximum absolute atomic E-state index is 12.3. The minimum atomic E-state index is -4.50. The Hall–Kier alpha value is 0.0700. The van der Waals surface area contributed by atoms with E-state index in [1.165, 1.54) is 6.07 Å². The van der Waals surface area contributed by atoms with Crippen LogP contribution in [0.25, 0.3) is 0 Å². The van der Waals surface area contributed by atoms with Crippen molar-refractivity contribution in [1.29, 1.82) is 0 Å². The third kappa shape index (κ3) is 2.30. The SMILES string of the molecule is FC(F)(F)c1c(Cl)ccc(Cl)c1Br. The van der Waals surface area contributed by atoms with Crippen LogP contribution in [0.3, 0.4) is 0 Å². The molecule has 1 rings (SSSR count). The molecule has 0 saturated carbocycles. The van der Waals surface area contributed by atoms with Gasteiger partial charge in [0.05, 0.1) is 15.6 Å². The Balaban J connectivity index is 3.43. The Morgan fingerprint density at radius 3 is 1.92 bits per heavy atom. The molecule has 72 valence electrons. The van der Waals surface area contributed by atoms with Gasteiger partial charge in [-0.3, -0.25) is 0 Å². The summed E-state index contributed by atoms with van der Waals surface area (Å²) < 4.78 is 36.7. The Labute approximate surface area is 90.8 Å². The molecular formula is C7H2BrCl2F3. The zero-order valence-corrected chi connectivity index (χ0v) is 9.02.